The van der Waals surface area contributed by atoms with E-state index in [0.717, 1.165) is 29.9 Å². The van der Waals surface area contributed by atoms with Crippen molar-refractivity contribution in [1.82, 2.24) is 14.5 Å². The Balaban J connectivity index is 1.61. The zero-order valence-electron chi connectivity index (χ0n) is 16.2. The Morgan fingerprint density at radius 1 is 1.18 bits per heavy atom. The zero-order valence-corrected chi connectivity index (χ0v) is 16.2. The van der Waals surface area contributed by atoms with Crippen LogP contribution in [0.5, 0.6) is 0 Å². The molecule has 1 aliphatic rings. The van der Waals surface area contributed by atoms with Crippen LogP contribution in [-0.2, 0) is 13.1 Å². The van der Waals surface area contributed by atoms with Crippen molar-refractivity contribution in [1.29, 1.82) is 0 Å². The highest BCUT2D eigenvalue weighted by Crippen LogP contribution is 2.31. The van der Waals surface area contributed by atoms with Crippen molar-refractivity contribution in [2.45, 2.75) is 45.8 Å². The normalized spacial score (nSPS) is 13.5. The Kier molecular flexibility index (Phi) is 4.99. The number of carbonyl (C=O) groups is 1. The molecule has 4 nitrogen and oxygen atoms in total. The third kappa shape index (κ3) is 3.70. The lowest BCUT2D eigenvalue weighted by molar-refractivity contribution is 0.0727. The second kappa shape index (κ2) is 7.58. The highest BCUT2D eigenvalue weighted by atomic mass is 19.1. The zero-order chi connectivity index (χ0) is 19.7. The van der Waals surface area contributed by atoms with E-state index in [4.69, 9.17) is 0 Å². The van der Waals surface area contributed by atoms with Crippen LogP contribution in [-0.4, -0.2) is 26.4 Å². The van der Waals surface area contributed by atoms with E-state index in [1.807, 2.05) is 49.1 Å². The summed E-state index contributed by atoms with van der Waals surface area (Å²) in [4.78, 5) is 19.6. The first-order valence-corrected chi connectivity index (χ1v) is 9.65. The number of amides is 1. The molecule has 4 rings (SSSR count). The summed E-state index contributed by atoms with van der Waals surface area (Å²) < 4.78 is 16.3. The fraction of sp³-hybridized carbons (Fsp3) is 0.304. The summed E-state index contributed by atoms with van der Waals surface area (Å²) in [6.45, 7) is 4.91. The van der Waals surface area contributed by atoms with Gasteiger partial charge in [0.15, 0.2) is 0 Å². The van der Waals surface area contributed by atoms with Gasteiger partial charge in [0.25, 0.3) is 5.91 Å². The van der Waals surface area contributed by atoms with Crippen LogP contribution in [0.2, 0.25) is 0 Å². The van der Waals surface area contributed by atoms with Crippen LogP contribution in [0, 0.1) is 19.7 Å². The van der Waals surface area contributed by atoms with Crippen molar-refractivity contribution in [2.24, 2.45) is 0 Å². The lowest BCUT2D eigenvalue weighted by atomic mass is 10.1. The van der Waals surface area contributed by atoms with Gasteiger partial charge in [0.1, 0.15) is 5.82 Å². The SMILES string of the molecule is Cc1cc(C(=O)N(Cc2ccccc2F)C2CC2)c(C)n1Cc1ccccn1. The molecule has 1 aromatic carbocycles. The molecule has 28 heavy (non-hydrogen) atoms. The minimum atomic E-state index is -0.262. The van der Waals surface area contributed by atoms with E-state index < -0.39 is 0 Å². The van der Waals surface area contributed by atoms with Crippen LogP contribution in [0.4, 0.5) is 4.39 Å². The molecule has 0 saturated heterocycles. The molecule has 2 aromatic heterocycles. The van der Waals surface area contributed by atoms with Crippen molar-refractivity contribution in [3.63, 3.8) is 0 Å². The average Bonchev–Trinajstić information content (AvgIpc) is 3.50. The van der Waals surface area contributed by atoms with Crippen LogP contribution in [0.15, 0.2) is 54.7 Å². The van der Waals surface area contributed by atoms with Crippen molar-refractivity contribution in [2.75, 3.05) is 0 Å². The first kappa shape index (κ1) is 18.4. The third-order valence-electron chi connectivity index (χ3n) is 5.40. The standard InChI is InChI=1S/C23H24FN3O/c1-16-13-21(17(2)26(16)15-19-8-5-6-12-25-19)23(28)27(20-10-11-20)14-18-7-3-4-9-22(18)24/h3-9,12-13,20H,10-11,14-15H2,1-2H3. The van der Waals surface area contributed by atoms with Gasteiger partial charge < -0.3 is 9.47 Å². The van der Waals surface area contributed by atoms with E-state index in [-0.39, 0.29) is 17.8 Å². The quantitative estimate of drug-likeness (QED) is 0.635. The van der Waals surface area contributed by atoms with Gasteiger partial charge in [-0.25, -0.2) is 4.39 Å². The molecule has 144 valence electrons. The molecule has 2 heterocycles. The summed E-state index contributed by atoms with van der Waals surface area (Å²) in [5, 5.41) is 0. The second-order valence-corrected chi connectivity index (χ2v) is 7.45. The number of pyridine rings is 1. The maximum absolute atomic E-state index is 14.1. The summed E-state index contributed by atoms with van der Waals surface area (Å²) >= 11 is 0. The molecule has 1 saturated carbocycles. The van der Waals surface area contributed by atoms with Gasteiger partial charge in [-0.1, -0.05) is 24.3 Å². The van der Waals surface area contributed by atoms with E-state index in [1.54, 1.807) is 18.3 Å². The molecule has 0 atom stereocenters. The van der Waals surface area contributed by atoms with Crippen LogP contribution in [0.25, 0.3) is 0 Å². The number of halogens is 1. The Bertz CT molecular complexity index is 992. The number of benzene rings is 1. The summed E-state index contributed by atoms with van der Waals surface area (Å²) in [6.07, 6.45) is 3.73. The smallest absolute Gasteiger partial charge is 0.256 e. The van der Waals surface area contributed by atoms with Crippen molar-refractivity contribution < 1.29 is 9.18 Å². The number of hydrogen-bond acceptors (Lipinski definition) is 2. The van der Waals surface area contributed by atoms with Crippen LogP contribution >= 0.6 is 0 Å². The van der Waals surface area contributed by atoms with Crippen LogP contribution in [0.3, 0.4) is 0 Å². The van der Waals surface area contributed by atoms with Gasteiger partial charge in [-0.3, -0.25) is 9.78 Å². The highest BCUT2D eigenvalue weighted by molar-refractivity contribution is 5.96. The Hall–Kier alpha value is -2.95. The average molecular weight is 377 g/mol. The molecule has 0 unspecified atom stereocenters. The van der Waals surface area contributed by atoms with E-state index in [1.165, 1.54) is 6.07 Å². The first-order chi connectivity index (χ1) is 13.5. The number of hydrogen-bond donors (Lipinski definition) is 0. The lowest BCUT2D eigenvalue weighted by Crippen LogP contribution is -2.33. The molecule has 1 aliphatic carbocycles. The number of aromatic nitrogens is 2. The molecule has 0 radical (unpaired) electrons. The minimum absolute atomic E-state index is 0.0221. The predicted octanol–water partition coefficient (Wildman–Crippen LogP) is 4.49. The van der Waals surface area contributed by atoms with Gasteiger partial charge in [0.05, 0.1) is 17.8 Å². The highest BCUT2D eigenvalue weighted by Gasteiger charge is 2.34. The minimum Gasteiger partial charge on any atom is -0.342 e. The van der Waals surface area contributed by atoms with Gasteiger partial charge in [-0.15, -0.1) is 0 Å². The van der Waals surface area contributed by atoms with E-state index in [9.17, 15) is 9.18 Å². The monoisotopic (exact) mass is 377 g/mol. The van der Waals surface area contributed by atoms with E-state index in [0.29, 0.717) is 24.2 Å². The van der Waals surface area contributed by atoms with Crippen molar-refractivity contribution in [3.05, 3.63) is 88.8 Å². The summed E-state index contributed by atoms with van der Waals surface area (Å²) in [5.41, 5.74) is 4.15. The fourth-order valence-corrected chi connectivity index (χ4v) is 3.63. The Labute approximate surface area is 164 Å². The van der Waals surface area contributed by atoms with Gasteiger partial charge in [0.2, 0.25) is 0 Å². The van der Waals surface area contributed by atoms with Crippen molar-refractivity contribution >= 4 is 5.91 Å². The molecule has 0 N–H and O–H groups in total. The van der Waals surface area contributed by atoms with Gasteiger partial charge in [0, 0.05) is 35.7 Å². The predicted molar refractivity (Wildman–Crippen MR) is 107 cm³/mol. The number of carbonyl (C=O) groups excluding carboxylic acids is 1. The molecule has 1 amide bonds. The molecular weight excluding hydrogens is 353 g/mol. The Morgan fingerprint density at radius 3 is 2.61 bits per heavy atom. The number of rotatable bonds is 6. The summed E-state index contributed by atoms with van der Waals surface area (Å²) in [7, 11) is 0. The largest absolute Gasteiger partial charge is 0.342 e. The maximum atomic E-state index is 14.1. The molecular formula is C23H24FN3O. The number of nitrogens with zero attached hydrogens (tertiary/aromatic N) is 3. The number of aryl methyl sites for hydroxylation is 1. The lowest BCUT2D eigenvalue weighted by Gasteiger charge is -2.23. The van der Waals surface area contributed by atoms with E-state index in [2.05, 4.69) is 9.55 Å². The molecule has 0 aliphatic heterocycles. The maximum Gasteiger partial charge on any atom is 0.256 e. The first-order valence-electron chi connectivity index (χ1n) is 9.65. The van der Waals surface area contributed by atoms with E-state index >= 15 is 0 Å². The molecule has 5 heteroatoms. The van der Waals surface area contributed by atoms with Gasteiger partial charge in [-0.05, 0) is 51.0 Å². The molecule has 0 bridgehead atoms. The van der Waals surface area contributed by atoms with Gasteiger partial charge in [-0.2, -0.15) is 0 Å². The Morgan fingerprint density at radius 2 is 1.93 bits per heavy atom. The third-order valence-corrected chi connectivity index (χ3v) is 5.40. The fourth-order valence-electron chi connectivity index (χ4n) is 3.63. The summed E-state index contributed by atoms with van der Waals surface area (Å²) in [6, 6.07) is 14.7. The van der Waals surface area contributed by atoms with Crippen LogP contribution < -0.4 is 0 Å². The second-order valence-electron chi connectivity index (χ2n) is 7.45. The molecule has 0 spiro atoms. The topological polar surface area (TPSA) is 38.1 Å². The van der Waals surface area contributed by atoms with Crippen LogP contribution in [0.1, 0.15) is 45.8 Å². The summed E-state index contributed by atoms with van der Waals surface area (Å²) in [5.74, 6) is -0.285. The van der Waals surface area contributed by atoms with Crippen molar-refractivity contribution in [3.8, 4) is 0 Å². The molecule has 1 fully saturated rings. The van der Waals surface area contributed by atoms with Gasteiger partial charge >= 0.3 is 0 Å². The molecule has 3 aromatic rings.